The van der Waals surface area contributed by atoms with Crippen LogP contribution in [0.2, 0.25) is 5.02 Å². The molecule has 192 valence electrons. The van der Waals surface area contributed by atoms with Gasteiger partial charge in [0.1, 0.15) is 24.2 Å². The summed E-state index contributed by atoms with van der Waals surface area (Å²) < 4.78 is 12.1. The molecule has 2 aliphatic rings. The van der Waals surface area contributed by atoms with Crippen LogP contribution in [0, 0.1) is 0 Å². The molecule has 0 aromatic heterocycles. The number of carboxylic acids is 1. The molecule has 8 heteroatoms. The first-order valence-electron chi connectivity index (χ1n) is 12.4. The van der Waals surface area contributed by atoms with E-state index < -0.39 is 11.4 Å². The SMILES string of the molecule is CCc1cc(OC[C@@H]2CN(C)c3ccccc3O2)ccc1C(=O)Nc1cc(C2(C(=O)O)CC2)ccc1Cl. The van der Waals surface area contributed by atoms with Crippen molar-refractivity contribution in [3.8, 4) is 11.5 Å². The lowest BCUT2D eigenvalue weighted by molar-refractivity contribution is -0.140. The van der Waals surface area contributed by atoms with Gasteiger partial charge in [-0.25, -0.2) is 0 Å². The molecule has 37 heavy (non-hydrogen) atoms. The second kappa shape index (κ2) is 9.98. The number of nitrogens with zero attached hydrogens (tertiary/aromatic N) is 1. The molecule has 0 bridgehead atoms. The smallest absolute Gasteiger partial charge is 0.314 e. The van der Waals surface area contributed by atoms with Gasteiger partial charge in [0.15, 0.2) is 0 Å². The van der Waals surface area contributed by atoms with Crippen LogP contribution >= 0.6 is 11.6 Å². The van der Waals surface area contributed by atoms with Crippen molar-refractivity contribution < 1.29 is 24.2 Å². The highest BCUT2D eigenvalue weighted by atomic mass is 35.5. The molecule has 1 amide bonds. The summed E-state index contributed by atoms with van der Waals surface area (Å²) in [5.74, 6) is 0.336. The van der Waals surface area contributed by atoms with E-state index in [0.717, 1.165) is 17.0 Å². The third-order valence-corrected chi connectivity index (χ3v) is 7.44. The lowest BCUT2D eigenvalue weighted by Crippen LogP contribution is -2.41. The van der Waals surface area contributed by atoms with Crippen molar-refractivity contribution in [1.82, 2.24) is 0 Å². The Bertz CT molecular complexity index is 1350. The summed E-state index contributed by atoms with van der Waals surface area (Å²) >= 11 is 6.34. The summed E-state index contributed by atoms with van der Waals surface area (Å²) in [4.78, 5) is 27.0. The number of ether oxygens (including phenoxy) is 2. The van der Waals surface area contributed by atoms with Crippen LogP contribution in [0.5, 0.6) is 11.5 Å². The first kappa shape index (κ1) is 25.0. The van der Waals surface area contributed by atoms with Gasteiger partial charge >= 0.3 is 5.97 Å². The van der Waals surface area contributed by atoms with Gasteiger partial charge in [0, 0.05) is 12.6 Å². The van der Waals surface area contributed by atoms with Crippen LogP contribution < -0.4 is 19.7 Å². The number of benzene rings is 3. The topological polar surface area (TPSA) is 88.1 Å². The summed E-state index contributed by atoms with van der Waals surface area (Å²) in [5, 5.41) is 12.8. The number of carboxylic acid groups (broad SMARTS) is 1. The number of carbonyl (C=O) groups excluding carboxylic acids is 1. The van der Waals surface area contributed by atoms with Gasteiger partial charge < -0.3 is 24.8 Å². The van der Waals surface area contributed by atoms with Crippen LogP contribution in [0.4, 0.5) is 11.4 Å². The summed E-state index contributed by atoms with van der Waals surface area (Å²) in [5.41, 5.74) is 2.58. The average Bonchev–Trinajstić information content (AvgIpc) is 3.71. The largest absolute Gasteiger partial charge is 0.490 e. The van der Waals surface area contributed by atoms with Gasteiger partial charge in [-0.05, 0) is 72.9 Å². The van der Waals surface area contributed by atoms with E-state index in [1.54, 1.807) is 30.3 Å². The van der Waals surface area contributed by atoms with Crippen molar-refractivity contribution in [1.29, 1.82) is 0 Å². The maximum atomic E-state index is 13.2. The van der Waals surface area contributed by atoms with Gasteiger partial charge in [0.05, 0.1) is 28.4 Å². The highest BCUT2D eigenvalue weighted by Gasteiger charge is 2.51. The number of nitrogens with one attached hydrogen (secondary N) is 1. The monoisotopic (exact) mass is 520 g/mol. The quantitative estimate of drug-likeness (QED) is 0.405. The fourth-order valence-electron chi connectivity index (χ4n) is 4.80. The molecule has 1 saturated carbocycles. The second-order valence-corrected chi connectivity index (χ2v) is 10.0. The van der Waals surface area contributed by atoms with Gasteiger partial charge in [0.25, 0.3) is 5.91 Å². The highest BCUT2D eigenvalue weighted by Crippen LogP contribution is 2.49. The van der Waals surface area contributed by atoms with Crippen LogP contribution in [0.3, 0.4) is 0 Å². The standard InChI is InChI=1S/C29H29ClN2O5/c1-3-18-14-20(36-17-21-16-32(2)25-6-4-5-7-26(25)37-21)9-10-22(18)27(33)31-24-15-19(8-11-23(24)30)29(12-13-29)28(34)35/h4-11,14-15,21H,3,12-13,16-17H2,1-2H3,(H,31,33)(H,34,35)/t21-/m0/s1. The molecule has 1 heterocycles. The Morgan fingerprint density at radius 1 is 1.16 bits per heavy atom. The molecule has 0 unspecified atom stereocenters. The van der Waals surface area contributed by atoms with E-state index in [1.165, 1.54) is 0 Å². The number of fused-ring (bicyclic) bond motifs is 1. The summed E-state index contributed by atoms with van der Waals surface area (Å²) in [7, 11) is 2.03. The Morgan fingerprint density at radius 2 is 1.95 bits per heavy atom. The molecule has 1 atom stereocenters. The van der Waals surface area contributed by atoms with E-state index >= 15 is 0 Å². The van der Waals surface area contributed by atoms with E-state index in [-0.39, 0.29) is 12.0 Å². The van der Waals surface area contributed by atoms with Crippen molar-refractivity contribution in [3.05, 3.63) is 82.4 Å². The van der Waals surface area contributed by atoms with E-state index in [2.05, 4.69) is 10.2 Å². The van der Waals surface area contributed by atoms with Crippen molar-refractivity contribution in [2.75, 3.05) is 30.4 Å². The number of aliphatic carboxylic acids is 1. The molecule has 3 aromatic carbocycles. The molecule has 0 saturated heterocycles. The molecule has 0 spiro atoms. The summed E-state index contributed by atoms with van der Waals surface area (Å²) in [6.45, 7) is 3.06. The number of amides is 1. The van der Waals surface area contributed by atoms with Crippen molar-refractivity contribution in [3.63, 3.8) is 0 Å². The van der Waals surface area contributed by atoms with Crippen LogP contribution in [-0.4, -0.2) is 43.3 Å². The van der Waals surface area contributed by atoms with E-state index in [4.69, 9.17) is 21.1 Å². The number of hydrogen-bond donors (Lipinski definition) is 2. The fourth-order valence-corrected chi connectivity index (χ4v) is 4.97. The van der Waals surface area contributed by atoms with Gasteiger partial charge in [-0.1, -0.05) is 36.7 Å². The fraction of sp³-hybridized carbons (Fsp3) is 0.310. The lowest BCUT2D eigenvalue weighted by Gasteiger charge is -2.33. The van der Waals surface area contributed by atoms with Crippen LogP contribution in [0.15, 0.2) is 60.7 Å². The Hall–Kier alpha value is -3.71. The molecule has 0 radical (unpaired) electrons. The van der Waals surface area contributed by atoms with Gasteiger partial charge in [-0.15, -0.1) is 0 Å². The first-order chi connectivity index (χ1) is 17.8. The zero-order valence-corrected chi connectivity index (χ0v) is 21.5. The molecule has 2 N–H and O–H groups in total. The molecular formula is C29H29ClN2O5. The lowest BCUT2D eigenvalue weighted by atomic mass is 9.95. The van der Waals surface area contributed by atoms with Crippen LogP contribution in [0.1, 0.15) is 41.3 Å². The molecule has 1 aliphatic heterocycles. The maximum Gasteiger partial charge on any atom is 0.314 e. The molecule has 5 rings (SSSR count). The van der Waals surface area contributed by atoms with Gasteiger partial charge in [-0.3, -0.25) is 9.59 Å². The third-order valence-electron chi connectivity index (χ3n) is 7.11. The predicted octanol–water partition coefficient (Wildman–Crippen LogP) is 5.55. The maximum absolute atomic E-state index is 13.2. The van der Waals surface area contributed by atoms with Crippen molar-refractivity contribution in [2.24, 2.45) is 0 Å². The van der Waals surface area contributed by atoms with Crippen LogP contribution in [0.25, 0.3) is 0 Å². The number of aryl methyl sites for hydroxylation is 1. The van der Waals surface area contributed by atoms with E-state index in [1.807, 2.05) is 44.3 Å². The summed E-state index contributed by atoms with van der Waals surface area (Å²) in [6.07, 6.45) is 1.66. The Kier molecular flexibility index (Phi) is 6.73. The number of hydrogen-bond acceptors (Lipinski definition) is 5. The minimum absolute atomic E-state index is 0.122. The number of para-hydroxylation sites is 2. The third kappa shape index (κ3) is 4.96. The highest BCUT2D eigenvalue weighted by molar-refractivity contribution is 6.34. The second-order valence-electron chi connectivity index (χ2n) is 9.61. The van der Waals surface area contributed by atoms with Crippen molar-refractivity contribution in [2.45, 2.75) is 37.7 Å². The Balaban J connectivity index is 1.27. The Labute approximate surface area is 221 Å². The minimum atomic E-state index is -0.878. The predicted molar refractivity (Wildman–Crippen MR) is 143 cm³/mol. The van der Waals surface area contributed by atoms with Crippen molar-refractivity contribution >= 4 is 34.9 Å². The zero-order chi connectivity index (χ0) is 26.2. The Morgan fingerprint density at radius 3 is 2.68 bits per heavy atom. The normalized spacial score (nSPS) is 17.4. The average molecular weight is 521 g/mol. The summed E-state index contributed by atoms with van der Waals surface area (Å²) in [6, 6.07) is 18.3. The van der Waals surface area contributed by atoms with E-state index in [9.17, 15) is 14.7 Å². The zero-order valence-electron chi connectivity index (χ0n) is 20.8. The molecule has 7 nitrogen and oxygen atoms in total. The number of likely N-dealkylation sites (N-methyl/N-ethyl adjacent to an activating group) is 1. The van der Waals surface area contributed by atoms with Gasteiger partial charge in [0.2, 0.25) is 0 Å². The van der Waals surface area contributed by atoms with E-state index in [0.29, 0.717) is 60.0 Å². The number of rotatable bonds is 8. The first-order valence-corrected chi connectivity index (χ1v) is 12.8. The number of anilines is 2. The van der Waals surface area contributed by atoms with Gasteiger partial charge in [-0.2, -0.15) is 0 Å². The number of carbonyl (C=O) groups is 2. The number of halogens is 1. The van der Waals surface area contributed by atoms with Crippen LogP contribution in [-0.2, 0) is 16.6 Å². The minimum Gasteiger partial charge on any atom is -0.490 e. The molecule has 1 fully saturated rings. The molecular weight excluding hydrogens is 492 g/mol. The molecule has 3 aromatic rings. The molecule has 1 aliphatic carbocycles.